The standard InChI is InChI=1S/C30H27N9O.C2H6/c31-17-21-18-33-14-9-24(21)30(40)36-22-10-15-38(16-11-22)19-20-5-7-23(8-6-20)39-28(25-3-1-12-34-27(25)32)37-26-4-2-13-35-29(26)39;1-2/h1-9,12-14,18,22H,10-11,15-16,19H2,(H2,32,34)(H,36,40);1-2H3. The van der Waals surface area contributed by atoms with Crippen molar-refractivity contribution in [3.63, 3.8) is 0 Å². The third-order valence-corrected chi connectivity index (χ3v) is 7.21. The van der Waals surface area contributed by atoms with E-state index in [2.05, 4.69) is 49.4 Å². The molecule has 0 radical (unpaired) electrons. The Morgan fingerprint density at radius 3 is 2.50 bits per heavy atom. The molecule has 0 bridgehead atoms. The molecule has 0 spiro atoms. The molecule has 3 N–H and O–H groups in total. The van der Waals surface area contributed by atoms with Crippen molar-refractivity contribution in [2.75, 3.05) is 18.8 Å². The van der Waals surface area contributed by atoms with Gasteiger partial charge >= 0.3 is 0 Å². The van der Waals surface area contributed by atoms with Gasteiger partial charge in [-0.3, -0.25) is 19.2 Å². The molecule has 1 fully saturated rings. The Kier molecular flexibility index (Phi) is 8.80. The fourth-order valence-electron chi connectivity index (χ4n) is 5.13. The van der Waals surface area contributed by atoms with Gasteiger partial charge in [-0.25, -0.2) is 15.0 Å². The van der Waals surface area contributed by atoms with Crippen molar-refractivity contribution >= 4 is 22.9 Å². The molecular formula is C32H33N9O. The SMILES string of the molecule is CC.N#Cc1cnccc1C(=O)NC1CCN(Cc2ccc(-n3c(-c4cccnc4N)nc4cccnc43)cc2)CC1. The topological polar surface area (TPSA) is 139 Å². The zero-order chi connectivity index (χ0) is 29.5. The number of carbonyl (C=O) groups is 1. The second-order valence-corrected chi connectivity index (χ2v) is 9.78. The molecule has 10 nitrogen and oxygen atoms in total. The van der Waals surface area contributed by atoms with Crippen LogP contribution in [0.1, 0.15) is 48.2 Å². The van der Waals surface area contributed by atoms with Crippen LogP contribution in [0, 0.1) is 11.3 Å². The van der Waals surface area contributed by atoms with Crippen LogP contribution in [-0.4, -0.2) is 54.4 Å². The zero-order valence-electron chi connectivity index (χ0n) is 23.7. The molecule has 0 atom stereocenters. The Labute approximate surface area is 244 Å². The average Bonchev–Trinajstić information content (AvgIpc) is 3.43. The molecule has 1 aliphatic heterocycles. The summed E-state index contributed by atoms with van der Waals surface area (Å²) in [5, 5.41) is 12.3. The molecule has 4 aromatic heterocycles. The zero-order valence-corrected chi connectivity index (χ0v) is 23.7. The number of fused-ring (bicyclic) bond motifs is 1. The molecule has 1 saturated heterocycles. The number of amides is 1. The van der Waals surface area contributed by atoms with Gasteiger partial charge in [0.25, 0.3) is 5.91 Å². The molecule has 10 heteroatoms. The molecule has 1 aliphatic rings. The van der Waals surface area contributed by atoms with Gasteiger partial charge in [0.2, 0.25) is 0 Å². The van der Waals surface area contributed by atoms with E-state index in [1.54, 1.807) is 18.5 Å². The number of hydrogen-bond acceptors (Lipinski definition) is 8. The molecule has 1 amide bonds. The Bertz CT molecular complexity index is 1710. The van der Waals surface area contributed by atoms with Gasteiger partial charge in [0.05, 0.1) is 16.7 Å². The lowest BCUT2D eigenvalue weighted by atomic mass is 10.0. The van der Waals surface area contributed by atoms with E-state index in [1.807, 2.05) is 48.7 Å². The largest absolute Gasteiger partial charge is 0.383 e. The summed E-state index contributed by atoms with van der Waals surface area (Å²) in [4.78, 5) is 32.6. The first-order chi connectivity index (χ1) is 20.6. The summed E-state index contributed by atoms with van der Waals surface area (Å²) in [5.74, 6) is 0.897. The molecule has 5 heterocycles. The number of imidazole rings is 1. The van der Waals surface area contributed by atoms with Crippen LogP contribution in [0.25, 0.3) is 28.2 Å². The summed E-state index contributed by atoms with van der Waals surface area (Å²) in [5.41, 5.74) is 11.3. The van der Waals surface area contributed by atoms with Crippen LogP contribution in [0.5, 0.6) is 0 Å². The highest BCUT2D eigenvalue weighted by molar-refractivity contribution is 5.96. The van der Waals surface area contributed by atoms with Crippen LogP contribution in [0.3, 0.4) is 0 Å². The lowest BCUT2D eigenvalue weighted by molar-refractivity contribution is 0.0908. The summed E-state index contributed by atoms with van der Waals surface area (Å²) in [6.45, 7) is 6.55. The van der Waals surface area contributed by atoms with E-state index in [9.17, 15) is 10.1 Å². The molecule has 42 heavy (non-hydrogen) atoms. The Hall–Kier alpha value is -5.14. The molecule has 1 aromatic carbocycles. The number of hydrogen-bond donors (Lipinski definition) is 2. The maximum absolute atomic E-state index is 12.7. The van der Waals surface area contributed by atoms with E-state index in [1.165, 1.54) is 18.0 Å². The highest BCUT2D eigenvalue weighted by Crippen LogP contribution is 2.30. The van der Waals surface area contributed by atoms with Crippen LogP contribution in [0.2, 0.25) is 0 Å². The molecule has 6 rings (SSSR count). The molecule has 212 valence electrons. The van der Waals surface area contributed by atoms with Crippen molar-refractivity contribution in [3.8, 4) is 23.1 Å². The lowest BCUT2D eigenvalue weighted by Crippen LogP contribution is -2.44. The number of nitrogen functional groups attached to an aromatic ring is 1. The number of nitrogens with two attached hydrogens (primary N) is 1. The lowest BCUT2D eigenvalue weighted by Gasteiger charge is -2.32. The predicted octanol–water partition coefficient (Wildman–Crippen LogP) is 4.75. The van der Waals surface area contributed by atoms with E-state index < -0.39 is 0 Å². The van der Waals surface area contributed by atoms with Crippen molar-refractivity contribution < 1.29 is 4.79 Å². The number of aromatic nitrogens is 5. The van der Waals surface area contributed by atoms with Crippen molar-refractivity contribution in [1.29, 1.82) is 5.26 Å². The predicted molar refractivity (Wildman–Crippen MR) is 163 cm³/mol. The first-order valence-corrected chi connectivity index (χ1v) is 14.1. The van der Waals surface area contributed by atoms with Gasteiger partial charge in [-0.15, -0.1) is 0 Å². The fraction of sp³-hybridized carbons (Fsp3) is 0.250. The minimum atomic E-state index is -0.220. The highest BCUT2D eigenvalue weighted by Gasteiger charge is 2.23. The van der Waals surface area contributed by atoms with Gasteiger partial charge in [0.1, 0.15) is 17.4 Å². The molecule has 0 aliphatic carbocycles. The van der Waals surface area contributed by atoms with Gasteiger partial charge in [0, 0.05) is 56.2 Å². The average molecular weight is 560 g/mol. The van der Waals surface area contributed by atoms with Gasteiger partial charge in [-0.05, 0) is 60.9 Å². The number of carbonyl (C=O) groups excluding carboxylic acids is 1. The van der Waals surface area contributed by atoms with E-state index in [0.29, 0.717) is 17.2 Å². The molecule has 0 unspecified atom stereocenters. The third kappa shape index (κ3) is 5.96. The van der Waals surface area contributed by atoms with Crippen LogP contribution in [0.15, 0.2) is 79.4 Å². The second kappa shape index (κ2) is 13.0. The van der Waals surface area contributed by atoms with E-state index in [4.69, 9.17) is 10.7 Å². The number of nitriles is 1. The summed E-state index contributed by atoms with van der Waals surface area (Å²) < 4.78 is 2.02. The third-order valence-electron chi connectivity index (χ3n) is 7.21. The molecular weight excluding hydrogens is 526 g/mol. The normalized spacial score (nSPS) is 13.6. The number of pyridine rings is 3. The maximum Gasteiger partial charge on any atom is 0.252 e. The summed E-state index contributed by atoms with van der Waals surface area (Å²) >= 11 is 0. The minimum Gasteiger partial charge on any atom is -0.383 e. The first kappa shape index (κ1) is 28.4. The van der Waals surface area contributed by atoms with E-state index in [-0.39, 0.29) is 17.5 Å². The number of likely N-dealkylation sites (tertiary alicyclic amines) is 1. The minimum absolute atomic E-state index is 0.0752. The van der Waals surface area contributed by atoms with E-state index in [0.717, 1.165) is 54.9 Å². The summed E-state index contributed by atoms with van der Waals surface area (Å²) in [6.07, 6.45) is 8.07. The van der Waals surface area contributed by atoms with Crippen molar-refractivity contribution in [1.82, 2.24) is 34.7 Å². The van der Waals surface area contributed by atoms with Crippen molar-refractivity contribution in [2.45, 2.75) is 39.3 Å². The van der Waals surface area contributed by atoms with E-state index >= 15 is 0 Å². The number of piperidine rings is 1. The molecule has 5 aromatic rings. The van der Waals surface area contributed by atoms with Crippen LogP contribution in [0.4, 0.5) is 5.82 Å². The number of anilines is 1. The smallest absolute Gasteiger partial charge is 0.252 e. The summed E-state index contributed by atoms with van der Waals surface area (Å²) in [7, 11) is 0. The molecule has 0 saturated carbocycles. The Morgan fingerprint density at radius 2 is 1.76 bits per heavy atom. The van der Waals surface area contributed by atoms with Gasteiger partial charge in [0.15, 0.2) is 11.5 Å². The van der Waals surface area contributed by atoms with Crippen LogP contribution >= 0.6 is 0 Å². The Morgan fingerprint density at radius 1 is 1.02 bits per heavy atom. The number of nitrogens with one attached hydrogen (secondary N) is 1. The Balaban J connectivity index is 0.00000173. The maximum atomic E-state index is 12.7. The number of nitrogens with zero attached hydrogens (tertiary/aromatic N) is 7. The monoisotopic (exact) mass is 559 g/mol. The fourth-order valence-corrected chi connectivity index (χ4v) is 5.13. The van der Waals surface area contributed by atoms with Crippen LogP contribution < -0.4 is 11.1 Å². The number of rotatable bonds is 6. The quantitative estimate of drug-likeness (QED) is 0.304. The second-order valence-electron chi connectivity index (χ2n) is 9.78. The highest BCUT2D eigenvalue weighted by atomic mass is 16.1. The first-order valence-electron chi connectivity index (χ1n) is 14.1. The van der Waals surface area contributed by atoms with Gasteiger partial charge < -0.3 is 11.1 Å². The summed E-state index contributed by atoms with van der Waals surface area (Å²) in [6, 6.07) is 19.7. The number of benzene rings is 1. The van der Waals surface area contributed by atoms with Crippen molar-refractivity contribution in [2.24, 2.45) is 0 Å². The van der Waals surface area contributed by atoms with Gasteiger partial charge in [-0.1, -0.05) is 26.0 Å². The van der Waals surface area contributed by atoms with Crippen molar-refractivity contribution in [3.05, 3.63) is 96.1 Å². The van der Waals surface area contributed by atoms with Crippen LogP contribution in [-0.2, 0) is 6.54 Å². The van der Waals surface area contributed by atoms with Gasteiger partial charge in [-0.2, -0.15) is 5.26 Å².